The lowest BCUT2D eigenvalue weighted by molar-refractivity contribution is -0.122. The first-order valence-corrected chi connectivity index (χ1v) is 9.44. The van der Waals surface area contributed by atoms with Crippen molar-refractivity contribution >= 4 is 22.1 Å². The Hall–Kier alpha value is -3.71. The molecule has 0 saturated carbocycles. The van der Waals surface area contributed by atoms with Crippen LogP contribution in [0.1, 0.15) is 5.82 Å². The van der Waals surface area contributed by atoms with Crippen molar-refractivity contribution in [3.8, 4) is 17.2 Å². The molecule has 0 spiro atoms. The third-order valence-corrected chi connectivity index (χ3v) is 4.61. The molecule has 29 heavy (non-hydrogen) atoms. The summed E-state index contributed by atoms with van der Waals surface area (Å²) in [4.78, 5) is 16.7. The van der Waals surface area contributed by atoms with Gasteiger partial charge in [-0.2, -0.15) is 10.2 Å². The molecule has 0 amide bonds. The van der Waals surface area contributed by atoms with E-state index in [1.54, 1.807) is 25.3 Å². The third-order valence-electron chi connectivity index (χ3n) is 3.69. The molecule has 150 valence electrons. The molecule has 0 aliphatic rings. The van der Waals surface area contributed by atoms with Crippen molar-refractivity contribution in [1.82, 2.24) is 29.4 Å². The standard InChI is InChI=1S/C15H12FN7O2S.CH2O2/c1-9-20-15(13-8-18-14-3-2-6-19-22(13)14)23(21-9)12-7-10(26(17,24)25)4-5-11(12)16;2-1-3/h2-8H,1H3,(H2,17,24,25);1H,(H,2,3). The molecule has 4 aromatic rings. The number of nitrogens with two attached hydrogens (primary N) is 1. The molecule has 0 aliphatic heterocycles. The van der Waals surface area contributed by atoms with Crippen molar-refractivity contribution in [2.24, 2.45) is 5.14 Å². The van der Waals surface area contributed by atoms with Gasteiger partial charge in [-0.25, -0.2) is 37.1 Å². The largest absolute Gasteiger partial charge is 0.483 e. The second-order valence-corrected chi connectivity index (χ2v) is 7.16. The zero-order valence-corrected chi connectivity index (χ0v) is 15.7. The van der Waals surface area contributed by atoms with Crippen LogP contribution in [0.2, 0.25) is 0 Å². The Bertz CT molecular complexity index is 1300. The maximum absolute atomic E-state index is 14.4. The normalized spacial score (nSPS) is 11.1. The van der Waals surface area contributed by atoms with Gasteiger partial charge in [-0.3, -0.25) is 4.79 Å². The van der Waals surface area contributed by atoms with E-state index < -0.39 is 15.8 Å². The number of nitrogens with zero attached hydrogens (tertiary/aromatic N) is 6. The molecular formula is C16H14FN7O4S. The first-order chi connectivity index (χ1) is 13.8. The van der Waals surface area contributed by atoms with Crippen LogP contribution >= 0.6 is 0 Å². The molecular weight excluding hydrogens is 405 g/mol. The van der Waals surface area contributed by atoms with Crippen LogP contribution in [0, 0.1) is 12.7 Å². The summed E-state index contributed by atoms with van der Waals surface area (Å²) in [7, 11) is -4.00. The van der Waals surface area contributed by atoms with Crippen molar-refractivity contribution in [1.29, 1.82) is 0 Å². The van der Waals surface area contributed by atoms with Crippen LogP contribution in [-0.4, -0.2) is 49.4 Å². The van der Waals surface area contributed by atoms with E-state index in [1.807, 2.05) is 0 Å². The van der Waals surface area contributed by atoms with E-state index in [-0.39, 0.29) is 22.9 Å². The van der Waals surface area contributed by atoms with Crippen LogP contribution in [0.25, 0.3) is 22.9 Å². The Labute approximate surface area is 163 Å². The van der Waals surface area contributed by atoms with Crippen LogP contribution < -0.4 is 5.14 Å². The molecule has 0 aliphatic carbocycles. The summed E-state index contributed by atoms with van der Waals surface area (Å²) in [5, 5.41) is 20.4. The highest BCUT2D eigenvalue weighted by Gasteiger charge is 2.20. The summed E-state index contributed by atoms with van der Waals surface area (Å²) in [5.41, 5.74) is 0.952. The number of sulfonamides is 1. The maximum atomic E-state index is 14.4. The van der Waals surface area contributed by atoms with Gasteiger partial charge in [-0.15, -0.1) is 0 Å². The number of hydrogen-bond acceptors (Lipinski definition) is 7. The second kappa shape index (κ2) is 7.73. The molecule has 1 aromatic carbocycles. The Balaban J connectivity index is 0.000000755. The summed E-state index contributed by atoms with van der Waals surface area (Å²) in [6, 6.07) is 6.71. The summed E-state index contributed by atoms with van der Waals surface area (Å²) < 4.78 is 40.4. The molecule has 0 bridgehead atoms. The summed E-state index contributed by atoms with van der Waals surface area (Å²) >= 11 is 0. The smallest absolute Gasteiger partial charge is 0.290 e. The number of halogens is 1. The van der Waals surface area contributed by atoms with Crippen molar-refractivity contribution in [2.75, 3.05) is 0 Å². The van der Waals surface area contributed by atoms with Gasteiger partial charge in [-0.1, -0.05) is 0 Å². The molecule has 3 N–H and O–H groups in total. The molecule has 4 rings (SSSR count). The van der Waals surface area contributed by atoms with E-state index >= 15 is 0 Å². The van der Waals surface area contributed by atoms with Crippen LogP contribution in [0.4, 0.5) is 4.39 Å². The number of rotatable bonds is 3. The molecule has 3 aromatic heterocycles. The minimum Gasteiger partial charge on any atom is -0.483 e. The van der Waals surface area contributed by atoms with Crippen molar-refractivity contribution in [3.05, 3.63) is 54.4 Å². The summed E-state index contributed by atoms with van der Waals surface area (Å²) in [6.45, 7) is 1.39. The van der Waals surface area contributed by atoms with Gasteiger partial charge in [0.1, 0.15) is 23.0 Å². The van der Waals surface area contributed by atoms with Crippen molar-refractivity contribution in [3.63, 3.8) is 0 Å². The minimum atomic E-state index is -4.00. The number of carboxylic acid groups (broad SMARTS) is 1. The van der Waals surface area contributed by atoms with E-state index in [1.165, 1.54) is 15.4 Å². The fourth-order valence-corrected chi connectivity index (χ4v) is 3.10. The number of aryl methyl sites for hydroxylation is 1. The average molecular weight is 419 g/mol. The number of aromatic nitrogens is 6. The molecule has 0 fully saturated rings. The molecule has 0 radical (unpaired) electrons. The van der Waals surface area contributed by atoms with E-state index in [0.29, 0.717) is 17.2 Å². The zero-order valence-electron chi connectivity index (χ0n) is 14.8. The molecule has 0 atom stereocenters. The fraction of sp³-hybridized carbons (Fsp3) is 0.0625. The highest BCUT2D eigenvalue weighted by atomic mass is 32.2. The van der Waals surface area contributed by atoms with Crippen LogP contribution in [0.3, 0.4) is 0 Å². The average Bonchev–Trinajstić information content (AvgIpc) is 3.25. The Morgan fingerprint density at radius 1 is 1.28 bits per heavy atom. The fourth-order valence-electron chi connectivity index (χ4n) is 2.56. The Kier molecular flexibility index (Phi) is 5.34. The van der Waals surface area contributed by atoms with Gasteiger partial charge in [0.05, 0.1) is 11.1 Å². The second-order valence-electron chi connectivity index (χ2n) is 5.60. The quantitative estimate of drug-likeness (QED) is 0.461. The first kappa shape index (κ1) is 20.0. The third kappa shape index (κ3) is 3.95. The minimum absolute atomic E-state index is 0.0991. The van der Waals surface area contributed by atoms with Gasteiger partial charge in [-0.05, 0) is 37.3 Å². The van der Waals surface area contributed by atoms with E-state index in [2.05, 4.69) is 20.2 Å². The number of carbonyl (C=O) groups is 1. The number of fused-ring (bicyclic) bond motifs is 1. The molecule has 0 saturated heterocycles. The van der Waals surface area contributed by atoms with Gasteiger partial charge in [0.2, 0.25) is 10.0 Å². The summed E-state index contributed by atoms with van der Waals surface area (Å²) in [5.74, 6) is -0.0456. The summed E-state index contributed by atoms with van der Waals surface area (Å²) in [6.07, 6.45) is 3.11. The molecule has 13 heteroatoms. The van der Waals surface area contributed by atoms with Crippen LogP contribution in [0.15, 0.2) is 47.6 Å². The maximum Gasteiger partial charge on any atom is 0.290 e. The van der Waals surface area contributed by atoms with E-state index in [4.69, 9.17) is 15.0 Å². The molecule has 0 unspecified atom stereocenters. The van der Waals surface area contributed by atoms with Gasteiger partial charge in [0, 0.05) is 6.20 Å². The van der Waals surface area contributed by atoms with E-state index in [0.717, 1.165) is 18.2 Å². The van der Waals surface area contributed by atoms with Gasteiger partial charge in [0.15, 0.2) is 11.5 Å². The number of imidazole rings is 1. The predicted molar refractivity (Wildman–Crippen MR) is 98.1 cm³/mol. The SMILES string of the molecule is Cc1nc(-c2cnc3cccnn23)n(-c2cc(S(N)(=O)=O)ccc2F)n1.O=CO. The number of benzene rings is 1. The van der Waals surface area contributed by atoms with Gasteiger partial charge >= 0.3 is 0 Å². The monoisotopic (exact) mass is 419 g/mol. The van der Waals surface area contributed by atoms with Gasteiger partial charge in [0.25, 0.3) is 6.47 Å². The predicted octanol–water partition coefficient (Wildman–Crippen LogP) is 0.773. The molecule has 11 nitrogen and oxygen atoms in total. The Morgan fingerprint density at radius 3 is 2.69 bits per heavy atom. The number of hydrogen-bond donors (Lipinski definition) is 2. The van der Waals surface area contributed by atoms with Crippen molar-refractivity contribution < 1.29 is 22.7 Å². The highest BCUT2D eigenvalue weighted by Crippen LogP contribution is 2.24. The lowest BCUT2D eigenvalue weighted by Crippen LogP contribution is -2.13. The first-order valence-electron chi connectivity index (χ1n) is 7.89. The highest BCUT2D eigenvalue weighted by molar-refractivity contribution is 7.89. The van der Waals surface area contributed by atoms with Crippen LogP contribution in [0.5, 0.6) is 0 Å². The number of primary sulfonamides is 1. The van der Waals surface area contributed by atoms with E-state index in [9.17, 15) is 12.8 Å². The topological polar surface area (TPSA) is 158 Å². The van der Waals surface area contributed by atoms with Crippen LogP contribution in [-0.2, 0) is 14.8 Å². The van der Waals surface area contributed by atoms with Gasteiger partial charge < -0.3 is 5.11 Å². The zero-order chi connectivity index (χ0) is 21.2. The molecule has 3 heterocycles. The lowest BCUT2D eigenvalue weighted by Gasteiger charge is -2.08. The van der Waals surface area contributed by atoms with Crippen molar-refractivity contribution in [2.45, 2.75) is 11.8 Å². The Morgan fingerprint density at radius 2 is 2.00 bits per heavy atom. The lowest BCUT2D eigenvalue weighted by atomic mass is 10.3.